The van der Waals surface area contributed by atoms with Gasteiger partial charge in [0.05, 0.1) is 10.9 Å². The van der Waals surface area contributed by atoms with E-state index < -0.39 is 0 Å². The Morgan fingerprint density at radius 1 is 1.14 bits per heavy atom. The van der Waals surface area contributed by atoms with Gasteiger partial charge in [0.25, 0.3) is 5.56 Å². The Kier molecular flexibility index (Phi) is 5.58. The van der Waals surface area contributed by atoms with E-state index in [1.807, 2.05) is 36.6 Å². The molecule has 0 atom stereocenters. The van der Waals surface area contributed by atoms with Crippen LogP contribution >= 0.6 is 0 Å². The number of hydrogen-bond acceptors (Lipinski definition) is 3. The zero-order valence-electron chi connectivity index (χ0n) is 14.2. The Bertz CT molecular complexity index is 691. The Balaban J connectivity index is 2.60. The fraction of sp³-hybridized carbons (Fsp3) is 0.556. The molecule has 0 spiro atoms. The summed E-state index contributed by atoms with van der Waals surface area (Å²) in [5.41, 5.74) is 1.97. The molecule has 1 aromatic heterocycles. The molecule has 0 fully saturated rings. The highest BCUT2D eigenvalue weighted by Crippen LogP contribution is 2.17. The highest BCUT2D eigenvalue weighted by Gasteiger charge is 2.15. The van der Waals surface area contributed by atoms with Gasteiger partial charge in [-0.3, -0.25) is 9.36 Å². The van der Waals surface area contributed by atoms with Crippen LogP contribution in [0.25, 0.3) is 10.9 Å². The summed E-state index contributed by atoms with van der Waals surface area (Å²) in [6.07, 6.45) is 3.31. The number of unbranched alkanes of at least 4 members (excludes halogenated alkanes) is 1. The SMILES string of the molecule is CCCCN(CCC)c1nc2ccc(C)cc2c(=O)n1CC. The second-order valence-corrected chi connectivity index (χ2v) is 5.82. The second kappa shape index (κ2) is 7.43. The number of rotatable bonds is 7. The van der Waals surface area contributed by atoms with Gasteiger partial charge in [-0.25, -0.2) is 4.98 Å². The van der Waals surface area contributed by atoms with Gasteiger partial charge in [0, 0.05) is 19.6 Å². The van der Waals surface area contributed by atoms with E-state index in [4.69, 9.17) is 4.98 Å². The summed E-state index contributed by atoms with van der Waals surface area (Å²) in [7, 11) is 0. The molecular formula is C18H27N3O. The van der Waals surface area contributed by atoms with Gasteiger partial charge >= 0.3 is 0 Å². The van der Waals surface area contributed by atoms with Gasteiger partial charge in [-0.1, -0.05) is 31.9 Å². The predicted octanol–water partition coefficient (Wildman–Crippen LogP) is 3.74. The van der Waals surface area contributed by atoms with Gasteiger partial charge in [-0.15, -0.1) is 0 Å². The third kappa shape index (κ3) is 3.32. The lowest BCUT2D eigenvalue weighted by atomic mass is 10.1. The minimum atomic E-state index is 0.0730. The summed E-state index contributed by atoms with van der Waals surface area (Å²) < 4.78 is 1.81. The van der Waals surface area contributed by atoms with Gasteiger partial charge in [-0.2, -0.15) is 0 Å². The van der Waals surface area contributed by atoms with E-state index in [1.165, 1.54) is 0 Å². The average molecular weight is 301 g/mol. The summed E-state index contributed by atoms with van der Waals surface area (Å²) >= 11 is 0. The van der Waals surface area contributed by atoms with Gasteiger partial charge < -0.3 is 4.90 Å². The molecule has 0 radical (unpaired) electrons. The summed E-state index contributed by atoms with van der Waals surface area (Å²) in [6, 6.07) is 5.92. The summed E-state index contributed by atoms with van der Waals surface area (Å²) in [4.78, 5) is 19.9. The van der Waals surface area contributed by atoms with E-state index in [0.717, 1.165) is 54.8 Å². The highest BCUT2D eigenvalue weighted by molar-refractivity contribution is 5.79. The third-order valence-corrected chi connectivity index (χ3v) is 3.96. The number of nitrogens with zero attached hydrogens (tertiary/aromatic N) is 3. The number of benzene rings is 1. The maximum absolute atomic E-state index is 12.8. The normalized spacial score (nSPS) is 11.1. The summed E-state index contributed by atoms with van der Waals surface area (Å²) in [5, 5.41) is 0.720. The first-order valence-electron chi connectivity index (χ1n) is 8.38. The number of anilines is 1. The molecule has 0 aliphatic heterocycles. The van der Waals surface area contributed by atoms with Crippen molar-refractivity contribution in [1.29, 1.82) is 0 Å². The van der Waals surface area contributed by atoms with E-state index in [9.17, 15) is 4.79 Å². The van der Waals surface area contributed by atoms with Crippen molar-refractivity contribution in [3.05, 3.63) is 34.1 Å². The topological polar surface area (TPSA) is 38.1 Å². The van der Waals surface area contributed by atoms with E-state index in [2.05, 4.69) is 18.7 Å². The molecule has 2 rings (SSSR count). The van der Waals surface area contributed by atoms with Crippen LogP contribution in [0.4, 0.5) is 5.95 Å². The molecule has 0 aliphatic rings. The Hall–Kier alpha value is -1.84. The lowest BCUT2D eigenvalue weighted by Crippen LogP contribution is -2.34. The first kappa shape index (κ1) is 16.5. The molecule has 4 heteroatoms. The van der Waals surface area contributed by atoms with Crippen molar-refractivity contribution < 1.29 is 0 Å². The van der Waals surface area contributed by atoms with Crippen LogP contribution in [0.3, 0.4) is 0 Å². The van der Waals surface area contributed by atoms with Gasteiger partial charge in [-0.05, 0) is 38.8 Å². The van der Waals surface area contributed by atoms with Crippen molar-refractivity contribution in [2.45, 2.75) is 53.5 Å². The third-order valence-electron chi connectivity index (χ3n) is 3.96. The standard InChI is InChI=1S/C18H27N3O/c1-5-8-12-20(11-6-2)18-19-16-10-9-14(4)13-15(16)17(22)21(18)7-3/h9-10,13H,5-8,11-12H2,1-4H3. The number of aryl methyl sites for hydroxylation is 1. The van der Waals surface area contributed by atoms with Gasteiger partial charge in [0.1, 0.15) is 0 Å². The van der Waals surface area contributed by atoms with Crippen molar-refractivity contribution in [3.8, 4) is 0 Å². The maximum Gasteiger partial charge on any atom is 0.262 e. The van der Waals surface area contributed by atoms with Crippen LogP contribution in [0.1, 0.15) is 45.6 Å². The molecular weight excluding hydrogens is 274 g/mol. The van der Waals surface area contributed by atoms with Crippen LogP contribution in [0.15, 0.2) is 23.0 Å². The van der Waals surface area contributed by atoms with Gasteiger partial charge in [0.15, 0.2) is 0 Å². The number of aromatic nitrogens is 2. The number of hydrogen-bond donors (Lipinski definition) is 0. The molecule has 0 saturated carbocycles. The molecule has 2 aromatic rings. The molecule has 0 saturated heterocycles. The zero-order valence-corrected chi connectivity index (χ0v) is 14.2. The van der Waals surface area contributed by atoms with Crippen molar-refractivity contribution in [2.24, 2.45) is 0 Å². The van der Waals surface area contributed by atoms with Crippen LogP contribution < -0.4 is 10.5 Å². The predicted molar refractivity (Wildman–Crippen MR) is 93.8 cm³/mol. The largest absolute Gasteiger partial charge is 0.342 e. The molecule has 0 amide bonds. The summed E-state index contributed by atoms with van der Waals surface area (Å²) in [5.74, 6) is 0.819. The Morgan fingerprint density at radius 2 is 1.91 bits per heavy atom. The minimum Gasteiger partial charge on any atom is -0.342 e. The van der Waals surface area contributed by atoms with Crippen LogP contribution in [-0.4, -0.2) is 22.6 Å². The smallest absolute Gasteiger partial charge is 0.262 e. The molecule has 1 heterocycles. The molecule has 0 unspecified atom stereocenters. The van der Waals surface area contributed by atoms with Crippen LogP contribution in [0.5, 0.6) is 0 Å². The highest BCUT2D eigenvalue weighted by atomic mass is 16.1. The second-order valence-electron chi connectivity index (χ2n) is 5.82. The van der Waals surface area contributed by atoms with Crippen LogP contribution in [-0.2, 0) is 6.54 Å². The van der Waals surface area contributed by atoms with Crippen molar-refractivity contribution in [2.75, 3.05) is 18.0 Å². The molecule has 0 aliphatic carbocycles. The minimum absolute atomic E-state index is 0.0730. The fourth-order valence-electron chi connectivity index (χ4n) is 2.78. The van der Waals surface area contributed by atoms with Crippen molar-refractivity contribution >= 4 is 16.9 Å². The molecule has 1 aromatic carbocycles. The lowest BCUT2D eigenvalue weighted by molar-refractivity contribution is 0.634. The van der Waals surface area contributed by atoms with Crippen LogP contribution in [0, 0.1) is 6.92 Å². The molecule has 0 bridgehead atoms. The maximum atomic E-state index is 12.8. The molecule has 120 valence electrons. The fourth-order valence-corrected chi connectivity index (χ4v) is 2.78. The average Bonchev–Trinajstić information content (AvgIpc) is 2.52. The number of fused-ring (bicyclic) bond motifs is 1. The monoisotopic (exact) mass is 301 g/mol. The first-order valence-corrected chi connectivity index (χ1v) is 8.38. The van der Waals surface area contributed by atoms with Crippen LogP contribution in [0.2, 0.25) is 0 Å². The molecule has 0 N–H and O–H groups in total. The lowest BCUT2D eigenvalue weighted by Gasteiger charge is -2.26. The zero-order chi connectivity index (χ0) is 16.1. The van der Waals surface area contributed by atoms with Crippen molar-refractivity contribution in [1.82, 2.24) is 9.55 Å². The van der Waals surface area contributed by atoms with Crippen molar-refractivity contribution in [3.63, 3.8) is 0 Å². The van der Waals surface area contributed by atoms with E-state index in [0.29, 0.717) is 6.54 Å². The molecule has 22 heavy (non-hydrogen) atoms. The van der Waals surface area contributed by atoms with E-state index in [-0.39, 0.29) is 5.56 Å². The van der Waals surface area contributed by atoms with Gasteiger partial charge in [0.2, 0.25) is 5.95 Å². The first-order chi connectivity index (χ1) is 10.6. The Morgan fingerprint density at radius 3 is 2.55 bits per heavy atom. The quantitative estimate of drug-likeness (QED) is 0.782. The summed E-state index contributed by atoms with van der Waals surface area (Å²) in [6.45, 7) is 10.9. The molecule has 4 nitrogen and oxygen atoms in total. The van der Waals surface area contributed by atoms with E-state index >= 15 is 0 Å². The Labute approximate surface area is 132 Å². The van der Waals surface area contributed by atoms with E-state index in [1.54, 1.807) is 0 Å².